The lowest BCUT2D eigenvalue weighted by molar-refractivity contribution is 0.609. The average molecular weight is 241 g/mol. The van der Waals surface area contributed by atoms with E-state index in [1.165, 1.54) is 4.88 Å². The van der Waals surface area contributed by atoms with Crippen LogP contribution in [0.1, 0.15) is 4.88 Å². The number of hydrogen-bond donors (Lipinski definition) is 3. The molecule has 0 saturated carbocycles. The highest BCUT2D eigenvalue weighted by atomic mass is 32.1. The summed E-state index contributed by atoms with van der Waals surface area (Å²) in [7, 11) is 3.79. The molecule has 5 N–H and O–H groups in total. The van der Waals surface area contributed by atoms with Crippen molar-refractivity contribution in [3.05, 3.63) is 22.4 Å². The fourth-order valence-electron chi connectivity index (χ4n) is 0.877. The topological polar surface area (TPSA) is 91.5 Å². The largest absolute Gasteiger partial charge is 0.390 e. The van der Waals surface area contributed by atoms with E-state index in [1.54, 1.807) is 11.3 Å². The molecule has 0 atom stereocenters. The quantitative estimate of drug-likeness (QED) is 0.538. The molecule has 0 spiro atoms. The number of aliphatic imine (C=N–C) groups is 1. The van der Waals surface area contributed by atoms with Crippen molar-refractivity contribution in [2.24, 2.45) is 16.5 Å². The Kier molecular flexibility index (Phi) is 7.87. The maximum atomic E-state index is 5.86. The van der Waals surface area contributed by atoms with Crippen LogP contribution in [0.3, 0.4) is 0 Å². The van der Waals surface area contributed by atoms with E-state index in [1.807, 2.05) is 19.0 Å². The summed E-state index contributed by atoms with van der Waals surface area (Å²) in [6, 6.07) is 4.17. The molecule has 0 bridgehead atoms. The second-order valence-electron chi connectivity index (χ2n) is 3.13. The van der Waals surface area contributed by atoms with Crippen molar-refractivity contribution in [3.8, 4) is 0 Å². The van der Waals surface area contributed by atoms with Gasteiger partial charge in [-0.25, -0.2) is 0 Å². The van der Waals surface area contributed by atoms with Crippen LogP contribution in [0, 0.1) is 5.41 Å². The van der Waals surface area contributed by atoms with Crippen molar-refractivity contribution < 1.29 is 0 Å². The molecule has 0 aromatic carbocycles. The number of guanidine groups is 1. The van der Waals surface area contributed by atoms with Crippen LogP contribution < -0.4 is 11.5 Å². The Hall–Kier alpha value is -1.56. The zero-order valence-electron chi connectivity index (χ0n) is 9.68. The van der Waals surface area contributed by atoms with Gasteiger partial charge in [-0.2, -0.15) is 0 Å². The van der Waals surface area contributed by atoms with Gasteiger partial charge >= 0.3 is 0 Å². The molecule has 1 heterocycles. The first-order valence-electron chi connectivity index (χ1n) is 4.82. The third kappa shape index (κ3) is 6.83. The highest BCUT2D eigenvalue weighted by molar-refractivity contribution is 7.09. The number of thiophene rings is 1. The van der Waals surface area contributed by atoms with Crippen LogP contribution in [0.4, 0.5) is 0 Å². The Morgan fingerprint density at radius 3 is 2.69 bits per heavy atom. The molecule has 1 rings (SSSR count). The van der Waals surface area contributed by atoms with Gasteiger partial charge in [-0.15, -0.1) is 11.3 Å². The van der Waals surface area contributed by atoms with Crippen molar-refractivity contribution in [2.45, 2.75) is 6.42 Å². The van der Waals surface area contributed by atoms with E-state index < -0.39 is 0 Å². The SMILES string of the molecule is CN(C)C(N)=NCCc1cccs1.N=CN. The minimum absolute atomic E-state index is 0.594. The number of nitrogens with two attached hydrogens (primary N) is 2. The smallest absolute Gasteiger partial charge is 0.190 e. The predicted molar refractivity (Wildman–Crippen MR) is 71.2 cm³/mol. The lowest BCUT2D eigenvalue weighted by Gasteiger charge is -2.09. The Labute approximate surface area is 100 Å². The van der Waals surface area contributed by atoms with E-state index >= 15 is 0 Å². The molecule has 0 amide bonds. The molecule has 0 radical (unpaired) electrons. The summed E-state index contributed by atoms with van der Waals surface area (Å²) in [4.78, 5) is 7.40. The predicted octanol–water partition coefficient (Wildman–Crippen LogP) is 0.719. The van der Waals surface area contributed by atoms with Crippen LogP contribution in [0.15, 0.2) is 22.5 Å². The molecule has 6 heteroatoms. The fraction of sp³-hybridized carbons (Fsp3) is 0.400. The Bertz CT molecular complexity index is 305. The van der Waals surface area contributed by atoms with Gasteiger partial charge in [-0.3, -0.25) is 10.4 Å². The Morgan fingerprint density at radius 1 is 1.62 bits per heavy atom. The summed E-state index contributed by atoms with van der Waals surface area (Å²) in [6.07, 6.45) is 1.73. The monoisotopic (exact) mass is 241 g/mol. The minimum atomic E-state index is 0.594. The van der Waals surface area contributed by atoms with E-state index in [4.69, 9.17) is 11.1 Å². The summed E-state index contributed by atoms with van der Waals surface area (Å²) in [5, 5.41) is 7.94. The summed E-state index contributed by atoms with van der Waals surface area (Å²) < 4.78 is 0. The van der Waals surface area contributed by atoms with Crippen LogP contribution in [-0.2, 0) is 6.42 Å². The van der Waals surface area contributed by atoms with Crippen LogP contribution in [0.5, 0.6) is 0 Å². The standard InChI is InChI=1S/C9H15N3S.CH4N2/c1-12(2)9(10)11-6-5-8-4-3-7-13-8;2-1-3/h3-4,7H,5-6H2,1-2H3,(H2,10,11);1H,(H3,2,3). The molecule has 0 aliphatic heterocycles. The first-order chi connectivity index (χ1) is 7.61. The van der Waals surface area contributed by atoms with Crippen LogP contribution in [0.2, 0.25) is 0 Å². The molecule has 0 saturated heterocycles. The molecule has 90 valence electrons. The van der Waals surface area contributed by atoms with Gasteiger partial charge in [0.2, 0.25) is 0 Å². The van der Waals surface area contributed by atoms with E-state index in [-0.39, 0.29) is 0 Å². The molecule has 0 fully saturated rings. The molecule has 16 heavy (non-hydrogen) atoms. The van der Waals surface area contributed by atoms with Crippen molar-refractivity contribution in [1.82, 2.24) is 4.90 Å². The molecular weight excluding hydrogens is 222 g/mol. The second kappa shape index (κ2) is 8.72. The maximum Gasteiger partial charge on any atom is 0.190 e. The van der Waals surface area contributed by atoms with Gasteiger partial charge in [0, 0.05) is 31.9 Å². The summed E-state index contributed by atoms with van der Waals surface area (Å²) in [5.74, 6) is 0.594. The molecule has 5 nitrogen and oxygen atoms in total. The van der Waals surface area contributed by atoms with Gasteiger partial charge in [-0.1, -0.05) is 6.07 Å². The van der Waals surface area contributed by atoms with E-state index in [0.717, 1.165) is 19.3 Å². The highest BCUT2D eigenvalue weighted by Gasteiger charge is 1.94. The minimum Gasteiger partial charge on any atom is -0.390 e. The number of nitrogens with zero attached hydrogens (tertiary/aromatic N) is 2. The average Bonchev–Trinajstić information content (AvgIpc) is 2.71. The summed E-state index contributed by atoms with van der Waals surface area (Å²) >= 11 is 1.76. The van der Waals surface area contributed by atoms with Crippen molar-refractivity contribution >= 4 is 23.6 Å². The third-order valence-corrected chi connectivity index (χ3v) is 2.61. The fourth-order valence-corrected chi connectivity index (χ4v) is 1.58. The number of rotatable bonds is 3. The van der Waals surface area contributed by atoms with E-state index in [2.05, 4.69) is 28.2 Å². The van der Waals surface area contributed by atoms with Gasteiger partial charge in [0.1, 0.15) is 0 Å². The Morgan fingerprint density at radius 2 is 2.25 bits per heavy atom. The summed E-state index contributed by atoms with van der Waals surface area (Å²) in [6.45, 7) is 0.768. The maximum absolute atomic E-state index is 5.86. The van der Waals surface area contributed by atoms with Gasteiger partial charge < -0.3 is 16.4 Å². The lowest BCUT2D eigenvalue weighted by Crippen LogP contribution is -2.30. The van der Waals surface area contributed by atoms with Crippen molar-refractivity contribution in [2.75, 3.05) is 20.6 Å². The second-order valence-corrected chi connectivity index (χ2v) is 4.16. The van der Waals surface area contributed by atoms with Crippen LogP contribution in [0.25, 0.3) is 0 Å². The molecule has 0 unspecified atom stereocenters. The lowest BCUT2D eigenvalue weighted by atomic mass is 10.3. The molecular formula is C10H19N5S. The number of nitrogens with one attached hydrogen (secondary N) is 1. The Balaban J connectivity index is 0.000000673. The van der Waals surface area contributed by atoms with E-state index in [0.29, 0.717) is 5.96 Å². The number of hydrogen-bond acceptors (Lipinski definition) is 3. The van der Waals surface area contributed by atoms with Crippen molar-refractivity contribution in [1.29, 1.82) is 5.41 Å². The van der Waals surface area contributed by atoms with Gasteiger partial charge in [0.25, 0.3) is 0 Å². The first-order valence-corrected chi connectivity index (χ1v) is 5.70. The van der Waals surface area contributed by atoms with Crippen molar-refractivity contribution in [3.63, 3.8) is 0 Å². The molecule has 0 aliphatic carbocycles. The summed E-state index contributed by atoms with van der Waals surface area (Å²) in [5.41, 5.74) is 10.0. The van der Waals surface area contributed by atoms with Gasteiger partial charge in [0.15, 0.2) is 5.96 Å². The van der Waals surface area contributed by atoms with Crippen LogP contribution in [-0.4, -0.2) is 37.8 Å². The van der Waals surface area contributed by atoms with Gasteiger partial charge in [0.05, 0.1) is 6.34 Å². The highest BCUT2D eigenvalue weighted by Crippen LogP contribution is 2.08. The molecule has 1 aromatic rings. The first kappa shape index (κ1) is 14.4. The zero-order chi connectivity index (χ0) is 12.4. The molecule has 1 aromatic heterocycles. The van der Waals surface area contributed by atoms with Crippen LogP contribution >= 0.6 is 11.3 Å². The zero-order valence-corrected chi connectivity index (χ0v) is 10.5. The molecule has 0 aliphatic rings. The normalized spacial score (nSPS) is 10.2. The van der Waals surface area contributed by atoms with E-state index in [9.17, 15) is 0 Å². The third-order valence-electron chi connectivity index (χ3n) is 1.67. The van der Waals surface area contributed by atoms with Gasteiger partial charge in [-0.05, 0) is 11.4 Å².